The molecule has 0 aliphatic carbocycles. The van der Waals surface area contributed by atoms with Crippen LogP contribution in [-0.2, 0) is 4.74 Å². The smallest absolute Gasteiger partial charge is 0.171 e. The summed E-state index contributed by atoms with van der Waals surface area (Å²) in [4.78, 5) is 0. The third-order valence-corrected chi connectivity index (χ3v) is 3.49. The molecule has 1 fully saturated rings. The zero-order chi connectivity index (χ0) is 16.4. The van der Waals surface area contributed by atoms with E-state index >= 15 is 0 Å². The number of nitrogens with one attached hydrogen (secondary N) is 1. The lowest BCUT2D eigenvalue weighted by Gasteiger charge is -2.10. The number of allylic oxidation sites excluding steroid dienone is 1. The number of morpholine rings is 1. The summed E-state index contributed by atoms with van der Waals surface area (Å²) in [6.45, 7) is 3.83. The van der Waals surface area contributed by atoms with E-state index in [9.17, 15) is 5.11 Å². The molecule has 0 bridgehead atoms. The lowest BCUT2D eigenvalue weighted by Crippen LogP contribution is -2.30. The standard InChI is InChI=1S/C11H7IN2O2.C4H9NO/c1-16-10-4-7(2-8(5-13)6-14)3-9(12)11(10)15;1-3-6-4-2-5-1/h2-4,15H,1H3;5H,1-4H2. The fraction of sp³-hybridized carbons (Fsp3) is 0.333. The summed E-state index contributed by atoms with van der Waals surface area (Å²) in [5.74, 6) is 0.365. The molecular formula is C15H16IN3O3. The van der Waals surface area contributed by atoms with E-state index in [0.29, 0.717) is 14.9 Å². The Kier molecular flexibility index (Phi) is 8.30. The van der Waals surface area contributed by atoms with Gasteiger partial charge in [-0.05, 0) is 46.4 Å². The number of methoxy groups -OCH3 is 1. The summed E-state index contributed by atoms with van der Waals surface area (Å²) in [6, 6.07) is 6.75. The van der Waals surface area contributed by atoms with Crippen molar-refractivity contribution >= 4 is 28.7 Å². The zero-order valence-electron chi connectivity index (χ0n) is 12.1. The molecule has 0 aromatic heterocycles. The van der Waals surface area contributed by atoms with E-state index in [-0.39, 0.29) is 11.3 Å². The van der Waals surface area contributed by atoms with Gasteiger partial charge in [0.2, 0.25) is 0 Å². The SMILES string of the molecule is C1COCCN1.COc1cc(C=C(C#N)C#N)cc(I)c1O. The minimum atomic E-state index is 0.00328. The first-order chi connectivity index (χ1) is 10.6. The van der Waals surface area contributed by atoms with Crippen LogP contribution >= 0.6 is 22.6 Å². The van der Waals surface area contributed by atoms with Gasteiger partial charge in [-0.3, -0.25) is 0 Å². The number of nitriles is 2. The Balaban J connectivity index is 0.000000335. The molecule has 0 radical (unpaired) electrons. The molecule has 1 aliphatic rings. The van der Waals surface area contributed by atoms with Crippen molar-refractivity contribution in [2.24, 2.45) is 0 Å². The van der Waals surface area contributed by atoms with Crippen LogP contribution in [0.3, 0.4) is 0 Å². The van der Waals surface area contributed by atoms with Gasteiger partial charge in [0.15, 0.2) is 11.5 Å². The maximum atomic E-state index is 9.59. The summed E-state index contributed by atoms with van der Waals surface area (Å²) < 4.78 is 10.6. The Labute approximate surface area is 143 Å². The van der Waals surface area contributed by atoms with Gasteiger partial charge in [-0.1, -0.05) is 0 Å². The number of nitrogens with zero attached hydrogens (tertiary/aromatic N) is 2. The number of phenolic OH excluding ortho intramolecular Hbond substituents is 1. The van der Waals surface area contributed by atoms with E-state index in [1.54, 1.807) is 24.3 Å². The fourth-order valence-corrected chi connectivity index (χ4v) is 2.23. The second-order valence-electron chi connectivity index (χ2n) is 4.20. The van der Waals surface area contributed by atoms with Gasteiger partial charge >= 0.3 is 0 Å². The lowest BCUT2D eigenvalue weighted by atomic mass is 10.1. The Hall–Kier alpha value is -1.81. The number of ether oxygens (including phenoxy) is 2. The van der Waals surface area contributed by atoms with E-state index in [1.807, 2.05) is 22.6 Å². The molecule has 116 valence electrons. The largest absolute Gasteiger partial charge is 0.504 e. The normalized spacial score (nSPS) is 12.9. The van der Waals surface area contributed by atoms with E-state index in [2.05, 4.69) is 5.32 Å². The molecule has 0 atom stereocenters. The Bertz CT molecular complexity index is 586. The number of halogens is 1. The van der Waals surface area contributed by atoms with Gasteiger partial charge in [-0.15, -0.1) is 0 Å². The molecule has 22 heavy (non-hydrogen) atoms. The van der Waals surface area contributed by atoms with Crippen LogP contribution in [0.5, 0.6) is 11.5 Å². The predicted octanol–water partition coefficient (Wildman–Crippen LogP) is 2.04. The molecule has 1 aromatic rings. The maximum Gasteiger partial charge on any atom is 0.171 e. The first-order valence-electron chi connectivity index (χ1n) is 6.49. The predicted molar refractivity (Wildman–Crippen MR) is 90.3 cm³/mol. The molecule has 1 aromatic carbocycles. The molecule has 0 amide bonds. The molecule has 6 nitrogen and oxygen atoms in total. The summed E-state index contributed by atoms with van der Waals surface area (Å²) in [6.07, 6.45) is 1.43. The Morgan fingerprint density at radius 1 is 1.36 bits per heavy atom. The van der Waals surface area contributed by atoms with Gasteiger partial charge in [0.05, 0.1) is 23.9 Å². The van der Waals surface area contributed by atoms with E-state index in [0.717, 1.165) is 26.3 Å². The first kappa shape index (κ1) is 18.2. The number of hydrogen-bond donors (Lipinski definition) is 2. The minimum absolute atomic E-state index is 0.00328. The molecule has 0 spiro atoms. The molecule has 1 saturated heterocycles. The monoisotopic (exact) mass is 413 g/mol. The van der Waals surface area contributed by atoms with Crippen LogP contribution in [0.25, 0.3) is 6.08 Å². The molecule has 7 heteroatoms. The Morgan fingerprint density at radius 3 is 2.41 bits per heavy atom. The average Bonchev–Trinajstić information content (AvgIpc) is 2.57. The van der Waals surface area contributed by atoms with E-state index in [1.165, 1.54) is 13.2 Å². The van der Waals surface area contributed by atoms with Gasteiger partial charge in [-0.25, -0.2) is 0 Å². The van der Waals surface area contributed by atoms with Gasteiger partial charge in [0.25, 0.3) is 0 Å². The molecule has 1 heterocycles. The summed E-state index contributed by atoms with van der Waals surface area (Å²) >= 11 is 1.94. The molecule has 0 saturated carbocycles. The highest BCUT2D eigenvalue weighted by molar-refractivity contribution is 14.1. The van der Waals surface area contributed by atoms with Gasteiger partial charge in [0.1, 0.15) is 17.7 Å². The van der Waals surface area contributed by atoms with Crippen molar-refractivity contribution in [3.05, 3.63) is 26.8 Å². The van der Waals surface area contributed by atoms with Crippen LogP contribution in [0.2, 0.25) is 0 Å². The van der Waals surface area contributed by atoms with Crippen LogP contribution in [0.4, 0.5) is 0 Å². The maximum absolute atomic E-state index is 9.59. The van der Waals surface area contributed by atoms with Gasteiger partial charge in [0, 0.05) is 13.1 Å². The lowest BCUT2D eigenvalue weighted by molar-refractivity contribution is 0.109. The van der Waals surface area contributed by atoms with E-state index < -0.39 is 0 Å². The summed E-state index contributed by atoms with van der Waals surface area (Å²) in [5.41, 5.74) is 0.640. The van der Waals surface area contributed by atoms with Crippen LogP contribution in [-0.4, -0.2) is 38.5 Å². The van der Waals surface area contributed by atoms with Gasteiger partial charge in [-0.2, -0.15) is 10.5 Å². The second-order valence-corrected chi connectivity index (χ2v) is 5.36. The number of aromatic hydroxyl groups is 1. The highest BCUT2D eigenvalue weighted by Crippen LogP contribution is 2.32. The Morgan fingerprint density at radius 2 is 2.00 bits per heavy atom. The quantitative estimate of drug-likeness (QED) is 0.569. The van der Waals surface area contributed by atoms with Crippen molar-refractivity contribution in [3.63, 3.8) is 0 Å². The first-order valence-corrected chi connectivity index (χ1v) is 7.57. The average molecular weight is 413 g/mol. The summed E-state index contributed by atoms with van der Waals surface area (Å²) in [5, 5.41) is 30.0. The molecule has 0 unspecified atom stereocenters. The second kappa shape index (κ2) is 10.0. The fourth-order valence-electron chi connectivity index (χ4n) is 1.60. The van der Waals surface area contributed by atoms with Crippen LogP contribution in [0.15, 0.2) is 17.7 Å². The topological polar surface area (TPSA) is 98.3 Å². The third kappa shape index (κ3) is 5.90. The van der Waals surface area contributed by atoms with Crippen molar-refractivity contribution in [1.29, 1.82) is 10.5 Å². The van der Waals surface area contributed by atoms with Crippen molar-refractivity contribution in [3.8, 4) is 23.6 Å². The zero-order valence-corrected chi connectivity index (χ0v) is 14.3. The number of rotatable bonds is 2. The number of phenols is 1. The van der Waals surface area contributed by atoms with Crippen LogP contribution in [0, 0.1) is 26.2 Å². The van der Waals surface area contributed by atoms with E-state index in [4.69, 9.17) is 20.0 Å². The van der Waals surface area contributed by atoms with Crippen LogP contribution < -0.4 is 10.1 Å². The molecule has 2 N–H and O–H groups in total. The highest BCUT2D eigenvalue weighted by atomic mass is 127. The van der Waals surface area contributed by atoms with Crippen molar-refractivity contribution < 1.29 is 14.6 Å². The van der Waals surface area contributed by atoms with Crippen molar-refractivity contribution in [2.45, 2.75) is 0 Å². The molecule has 2 rings (SSSR count). The summed E-state index contributed by atoms with van der Waals surface area (Å²) in [7, 11) is 1.44. The van der Waals surface area contributed by atoms with Crippen molar-refractivity contribution in [2.75, 3.05) is 33.4 Å². The molecule has 1 aliphatic heterocycles. The number of benzene rings is 1. The van der Waals surface area contributed by atoms with Crippen LogP contribution in [0.1, 0.15) is 5.56 Å². The number of hydrogen-bond acceptors (Lipinski definition) is 6. The van der Waals surface area contributed by atoms with Gasteiger partial charge < -0.3 is 19.9 Å². The molecular weight excluding hydrogens is 397 g/mol. The van der Waals surface area contributed by atoms with Crippen molar-refractivity contribution in [1.82, 2.24) is 5.32 Å². The third-order valence-electron chi connectivity index (χ3n) is 2.67. The minimum Gasteiger partial charge on any atom is -0.504 e. The highest BCUT2D eigenvalue weighted by Gasteiger charge is 2.07.